The molecule has 116 valence electrons. The molecule has 1 fully saturated rings. The molecular weight excluding hydrogens is 310 g/mol. The Labute approximate surface area is 130 Å². The molecular formula is C15H20ClNO3S. The predicted octanol–water partition coefficient (Wildman–Crippen LogP) is 2.91. The van der Waals surface area contributed by atoms with Crippen molar-refractivity contribution in [3.63, 3.8) is 0 Å². The first kappa shape index (κ1) is 16.3. The van der Waals surface area contributed by atoms with E-state index in [1.54, 1.807) is 4.90 Å². The lowest BCUT2D eigenvalue weighted by Crippen LogP contribution is -2.26. The van der Waals surface area contributed by atoms with Gasteiger partial charge in [-0.25, -0.2) is 8.42 Å². The minimum absolute atomic E-state index is 0.00232. The van der Waals surface area contributed by atoms with Gasteiger partial charge in [0.15, 0.2) is 0 Å². The Kier molecular flexibility index (Phi) is 4.36. The van der Waals surface area contributed by atoms with Gasteiger partial charge in [-0.1, -0.05) is 32.9 Å². The van der Waals surface area contributed by atoms with Gasteiger partial charge in [-0.2, -0.15) is 0 Å². The summed E-state index contributed by atoms with van der Waals surface area (Å²) in [5.41, 5.74) is 1.96. The van der Waals surface area contributed by atoms with Gasteiger partial charge in [0, 0.05) is 35.3 Å². The van der Waals surface area contributed by atoms with Crippen molar-refractivity contribution in [2.75, 3.05) is 17.2 Å². The topological polar surface area (TPSA) is 54.5 Å². The van der Waals surface area contributed by atoms with E-state index in [1.165, 1.54) is 0 Å². The van der Waals surface area contributed by atoms with Gasteiger partial charge in [0.1, 0.15) is 0 Å². The Morgan fingerprint density at radius 3 is 2.57 bits per heavy atom. The molecule has 6 heteroatoms. The van der Waals surface area contributed by atoms with E-state index in [4.69, 9.17) is 10.7 Å². The molecule has 2 rings (SSSR count). The molecule has 1 amide bonds. The van der Waals surface area contributed by atoms with Gasteiger partial charge in [-0.15, -0.1) is 0 Å². The van der Waals surface area contributed by atoms with E-state index in [1.807, 2.05) is 24.3 Å². The third-order valence-electron chi connectivity index (χ3n) is 3.66. The Morgan fingerprint density at radius 2 is 2.00 bits per heavy atom. The molecule has 1 saturated heterocycles. The van der Waals surface area contributed by atoms with E-state index in [-0.39, 0.29) is 29.4 Å². The molecule has 1 atom stereocenters. The van der Waals surface area contributed by atoms with E-state index < -0.39 is 9.05 Å². The maximum atomic E-state index is 12.1. The first-order valence-electron chi connectivity index (χ1n) is 6.89. The second-order valence-electron chi connectivity index (χ2n) is 6.58. The Morgan fingerprint density at radius 1 is 1.33 bits per heavy atom. The SMILES string of the molecule is CC(C)(C)c1cccc(N2CC(CS(=O)(=O)Cl)CC2=O)c1. The highest BCUT2D eigenvalue weighted by atomic mass is 35.7. The monoisotopic (exact) mass is 329 g/mol. The van der Waals surface area contributed by atoms with Crippen LogP contribution in [0.3, 0.4) is 0 Å². The molecule has 0 N–H and O–H groups in total. The second-order valence-corrected chi connectivity index (χ2v) is 9.40. The molecule has 1 unspecified atom stereocenters. The summed E-state index contributed by atoms with van der Waals surface area (Å²) in [7, 11) is 1.71. The Bertz CT molecular complexity index is 649. The van der Waals surface area contributed by atoms with Crippen LogP contribution in [-0.4, -0.2) is 26.6 Å². The van der Waals surface area contributed by atoms with Crippen LogP contribution in [0.15, 0.2) is 24.3 Å². The van der Waals surface area contributed by atoms with Gasteiger partial charge in [0.2, 0.25) is 15.0 Å². The highest BCUT2D eigenvalue weighted by Crippen LogP contribution is 2.30. The fourth-order valence-corrected chi connectivity index (χ4v) is 3.89. The first-order valence-corrected chi connectivity index (χ1v) is 9.37. The molecule has 21 heavy (non-hydrogen) atoms. The summed E-state index contributed by atoms with van der Waals surface area (Å²) in [6, 6.07) is 7.83. The van der Waals surface area contributed by atoms with Crippen LogP contribution in [0.25, 0.3) is 0 Å². The summed E-state index contributed by atoms with van der Waals surface area (Å²) in [5, 5.41) is 0. The summed E-state index contributed by atoms with van der Waals surface area (Å²) < 4.78 is 22.3. The number of anilines is 1. The number of carbonyl (C=O) groups excluding carboxylic acids is 1. The van der Waals surface area contributed by atoms with E-state index in [0.29, 0.717) is 6.54 Å². The number of hydrogen-bond acceptors (Lipinski definition) is 3. The number of halogens is 1. The van der Waals surface area contributed by atoms with Crippen LogP contribution in [0.1, 0.15) is 32.8 Å². The number of benzene rings is 1. The zero-order valence-corrected chi connectivity index (χ0v) is 14.0. The quantitative estimate of drug-likeness (QED) is 0.801. The van der Waals surface area contributed by atoms with Crippen molar-refractivity contribution in [2.45, 2.75) is 32.6 Å². The molecule has 0 spiro atoms. The molecule has 1 aliphatic heterocycles. The largest absolute Gasteiger partial charge is 0.312 e. The maximum Gasteiger partial charge on any atom is 0.232 e. The molecule has 1 aromatic carbocycles. The van der Waals surface area contributed by atoms with Crippen LogP contribution in [0.4, 0.5) is 5.69 Å². The minimum atomic E-state index is -3.57. The van der Waals surface area contributed by atoms with E-state index >= 15 is 0 Å². The molecule has 1 heterocycles. The van der Waals surface area contributed by atoms with Crippen LogP contribution >= 0.6 is 10.7 Å². The summed E-state index contributed by atoms with van der Waals surface area (Å²) in [4.78, 5) is 13.8. The average molecular weight is 330 g/mol. The Hall–Kier alpha value is -1.07. The van der Waals surface area contributed by atoms with E-state index in [0.717, 1.165) is 11.3 Å². The van der Waals surface area contributed by atoms with Crippen LogP contribution in [0, 0.1) is 5.92 Å². The van der Waals surface area contributed by atoms with Crippen LogP contribution in [-0.2, 0) is 19.3 Å². The highest BCUT2D eigenvalue weighted by Gasteiger charge is 2.33. The number of nitrogens with zero attached hydrogens (tertiary/aromatic N) is 1. The number of rotatable bonds is 3. The first-order chi connectivity index (χ1) is 9.56. The van der Waals surface area contributed by atoms with Crippen LogP contribution in [0.5, 0.6) is 0 Å². The fraction of sp³-hybridized carbons (Fsp3) is 0.533. The normalized spacial score (nSPS) is 20.1. The molecule has 4 nitrogen and oxygen atoms in total. The molecule has 0 saturated carbocycles. The van der Waals surface area contributed by atoms with Gasteiger partial charge < -0.3 is 4.90 Å². The van der Waals surface area contributed by atoms with Crippen LogP contribution < -0.4 is 4.90 Å². The second kappa shape index (κ2) is 5.61. The van der Waals surface area contributed by atoms with Gasteiger partial charge in [-0.05, 0) is 23.1 Å². The zero-order valence-electron chi connectivity index (χ0n) is 12.5. The number of hydrogen-bond donors (Lipinski definition) is 0. The van der Waals surface area contributed by atoms with Crippen LogP contribution in [0.2, 0.25) is 0 Å². The van der Waals surface area contributed by atoms with Crippen molar-refractivity contribution in [3.8, 4) is 0 Å². The molecule has 1 aromatic rings. The number of carbonyl (C=O) groups is 1. The molecule has 0 aromatic heterocycles. The Balaban J connectivity index is 2.21. The summed E-state index contributed by atoms with van der Waals surface area (Å²) in [5.74, 6) is -0.444. The van der Waals surface area contributed by atoms with Gasteiger partial charge in [-0.3, -0.25) is 4.79 Å². The minimum Gasteiger partial charge on any atom is -0.312 e. The molecule has 0 radical (unpaired) electrons. The van der Waals surface area contributed by atoms with Crippen molar-refractivity contribution < 1.29 is 13.2 Å². The van der Waals surface area contributed by atoms with Crippen molar-refractivity contribution in [1.29, 1.82) is 0 Å². The van der Waals surface area contributed by atoms with Crippen molar-refractivity contribution in [1.82, 2.24) is 0 Å². The van der Waals surface area contributed by atoms with Gasteiger partial charge in [0.25, 0.3) is 0 Å². The third-order valence-corrected chi connectivity index (χ3v) is 4.91. The maximum absolute atomic E-state index is 12.1. The molecule has 0 aliphatic carbocycles. The summed E-state index contributed by atoms with van der Waals surface area (Å²) in [6.07, 6.45) is 0.228. The lowest BCUT2D eigenvalue weighted by molar-refractivity contribution is -0.117. The molecule has 1 aliphatic rings. The highest BCUT2D eigenvalue weighted by molar-refractivity contribution is 8.13. The van der Waals surface area contributed by atoms with Crippen molar-refractivity contribution in [3.05, 3.63) is 29.8 Å². The van der Waals surface area contributed by atoms with Crippen molar-refractivity contribution >= 4 is 31.3 Å². The van der Waals surface area contributed by atoms with E-state index in [9.17, 15) is 13.2 Å². The lowest BCUT2D eigenvalue weighted by atomic mass is 9.87. The zero-order chi connectivity index (χ0) is 15.8. The van der Waals surface area contributed by atoms with Crippen molar-refractivity contribution in [2.24, 2.45) is 5.92 Å². The molecule has 0 bridgehead atoms. The average Bonchev–Trinajstić information content (AvgIpc) is 2.67. The van der Waals surface area contributed by atoms with E-state index in [2.05, 4.69) is 20.8 Å². The standard InChI is InChI=1S/C15H20ClNO3S/c1-15(2,3)12-5-4-6-13(8-12)17-9-11(7-14(17)18)10-21(16,19)20/h4-6,8,11H,7,9-10H2,1-3H3. The smallest absolute Gasteiger partial charge is 0.232 e. The summed E-state index contributed by atoms with van der Waals surface area (Å²) in [6.45, 7) is 6.74. The van der Waals surface area contributed by atoms with Gasteiger partial charge in [0.05, 0.1) is 5.75 Å². The summed E-state index contributed by atoms with van der Waals surface area (Å²) >= 11 is 0. The predicted molar refractivity (Wildman–Crippen MR) is 85.2 cm³/mol. The van der Waals surface area contributed by atoms with Gasteiger partial charge >= 0.3 is 0 Å². The lowest BCUT2D eigenvalue weighted by Gasteiger charge is -2.23. The third kappa shape index (κ3) is 4.20. The number of amides is 1. The fourth-order valence-electron chi connectivity index (χ4n) is 2.56.